The molecule has 2 heterocycles. The van der Waals surface area contributed by atoms with Crippen molar-refractivity contribution in [2.75, 3.05) is 20.2 Å². The number of aliphatic hydroxyl groups is 1. The van der Waals surface area contributed by atoms with Crippen LogP contribution in [-0.4, -0.2) is 45.7 Å². The fraction of sp³-hybridized carbons (Fsp3) is 0.500. The normalized spacial score (nSPS) is 11.0. The van der Waals surface area contributed by atoms with Crippen molar-refractivity contribution < 1.29 is 9.90 Å². The Morgan fingerprint density at radius 2 is 2.19 bits per heavy atom. The second kappa shape index (κ2) is 6.36. The lowest BCUT2D eigenvalue weighted by molar-refractivity contribution is -0.130. The summed E-state index contributed by atoms with van der Waals surface area (Å²) in [7, 11) is 1.63. The van der Waals surface area contributed by atoms with Crippen LogP contribution in [0.5, 0.6) is 0 Å². The molecule has 0 fully saturated rings. The number of rotatable bonds is 5. The highest BCUT2D eigenvalue weighted by atomic mass is 32.1. The minimum Gasteiger partial charge on any atom is -0.395 e. The van der Waals surface area contributed by atoms with Crippen LogP contribution in [0.3, 0.4) is 0 Å². The zero-order valence-electron chi connectivity index (χ0n) is 12.4. The van der Waals surface area contributed by atoms with E-state index >= 15 is 0 Å². The fourth-order valence-corrected chi connectivity index (χ4v) is 3.10. The molecule has 0 saturated carbocycles. The average Bonchev–Trinajstić information content (AvgIpc) is 2.74. The van der Waals surface area contributed by atoms with Crippen LogP contribution >= 0.6 is 11.3 Å². The molecule has 1 amide bonds. The zero-order valence-corrected chi connectivity index (χ0v) is 13.2. The van der Waals surface area contributed by atoms with E-state index in [1.54, 1.807) is 7.05 Å². The maximum Gasteiger partial charge on any atom is 0.262 e. The van der Waals surface area contributed by atoms with Gasteiger partial charge in [-0.25, -0.2) is 4.98 Å². The molecule has 2 rings (SSSR count). The molecule has 0 aliphatic heterocycles. The van der Waals surface area contributed by atoms with Crippen molar-refractivity contribution in [2.45, 2.75) is 26.8 Å². The molecule has 0 radical (unpaired) electrons. The Hall–Kier alpha value is -1.73. The topological polar surface area (TPSA) is 75.4 Å². The summed E-state index contributed by atoms with van der Waals surface area (Å²) in [5.74, 6) is -0.103. The number of aryl methyl sites for hydroxylation is 3. The van der Waals surface area contributed by atoms with E-state index in [1.807, 2.05) is 13.8 Å². The van der Waals surface area contributed by atoms with Crippen molar-refractivity contribution in [3.05, 3.63) is 27.1 Å². The number of aromatic nitrogens is 2. The first-order valence-electron chi connectivity index (χ1n) is 6.75. The predicted octanol–water partition coefficient (Wildman–Crippen LogP) is 0.916. The third-order valence-corrected chi connectivity index (χ3v) is 4.70. The third kappa shape index (κ3) is 3.14. The Kier molecular flexibility index (Phi) is 4.74. The molecule has 21 heavy (non-hydrogen) atoms. The Labute approximate surface area is 126 Å². The molecule has 0 atom stereocenters. The van der Waals surface area contributed by atoms with Gasteiger partial charge >= 0.3 is 0 Å². The van der Waals surface area contributed by atoms with Gasteiger partial charge in [0.1, 0.15) is 4.83 Å². The maximum atomic E-state index is 12.4. The number of carbonyl (C=O) groups is 1. The zero-order chi connectivity index (χ0) is 15.6. The number of amides is 1. The minimum atomic E-state index is -0.103. The molecule has 6 nitrogen and oxygen atoms in total. The lowest BCUT2D eigenvalue weighted by Gasteiger charge is -2.15. The first-order valence-corrected chi connectivity index (χ1v) is 7.57. The number of nitrogens with zero attached hydrogens (tertiary/aromatic N) is 3. The number of thiophene rings is 1. The summed E-state index contributed by atoms with van der Waals surface area (Å²) in [5, 5.41) is 9.46. The molecule has 2 aromatic heterocycles. The van der Waals surface area contributed by atoms with Crippen LogP contribution in [0, 0.1) is 13.8 Å². The fourth-order valence-electron chi connectivity index (χ4n) is 2.11. The van der Waals surface area contributed by atoms with Gasteiger partial charge in [-0.2, -0.15) is 0 Å². The molecular formula is C14H19N3O3S. The molecule has 114 valence electrons. The van der Waals surface area contributed by atoms with Crippen molar-refractivity contribution in [1.29, 1.82) is 0 Å². The number of hydrogen-bond acceptors (Lipinski definition) is 5. The van der Waals surface area contributed by atoms with Crippen LogP contribution in [0.1, 0.15) is 16.9 Å². The van der Waals surface area contributed by atoms with E-state index in [4.69, 9.17) is 5.11 Å². The Morgan fingerprint density at radius 1 is 1.48 bits per heavy atom. The second-order valence-electron chi connectivity index (χ2n) is 5.00. The molecular weight excluding hydrogens is 290 g/mol. The summed E-state index contributed by atoms with van der Waals surface area (Å²) in [5.41, 5.74) is 0.866. The van der Waals surface area contributed by atoms with Gasteiger partial charge in [-0.3, -0.25) is 14.2 Å². The third-order valence-electron chi connectivity index (χ3n) is 3.58. The van der Waals surface area contributed by atoms with Crippen LogP contribution in [0.2, 0.25) is 0 Å². The van der Waals surface area contributed by atoms with E-state index < -0.39 is 0 Å². The summed E-state index contributed by atoms with van der Waals surface area (Å²) in [6.07, 6.45) is 1.71. The van der Waals surface area contributed by atoms with Gasteiger partial charge in [-0.1, -0.05) is 0 Å². The van der Waals surface area contributed by atoms with Crippen molar-refractivity contribution in [1.82, 2.24) is 14.5 Å². The molecule has 0 bridgehead atoms. The summed E-state index contributed by atoms with van der Waals surface area (Å²) < 4.78 is 1.48. The number of hydrogen-bond donors (Lipinski definition) is 1. The number of fused-ring (bicyclic) bond motifs is 1. The van der Waals surface area contributed by atoms with E-state index in [1.165, 1.54) is 27.1 Å². The van der Waals surface area contributed by atoms with Crippen molar-refractivity contribution in [2.24, 2.45) is 0 Å². The molecule has 0 aliphatic carbocycles. The van der Waals surface area contributed by atoms with Gasteiger partial charge in [0, 0.05) is 31.4 Å². The maximum absolute atomic E-state index is 12.4. The second-order valence-corrected chi connectivity index (χ2v) is 6.20. The molecule has 2 aromatic rings. The summed E-state index contributed by atoms with van der Waals surface area (Å²) in [6.45, 7) is 4.42. The quantitative estimate of drug-likeness (QED) is 0.891. The van der Waals surface area contributed by atoms with E-state index in [0.29, 0.717) is 18.5 Å². The van der Waals surface area contributed by atoms with Gasteiger partial charge in [-0.15, -0.1) is 11.3 Å². The van der Waals surface area contributed by atoms with Crippen molar-refractivity contribution in [3.8, 4) is 0 Å². The van der Waals surface area contributed by atoms with Crippen LogP contribution in [0.25, 0.3) is 10.2 Å². The first-order chi connectivity index (χ1) is 9.95. The van der Waals surface area contributed by atoms with Gasteiger partial charge in [0.15, 0.2) is 0 Å². The molecule has 0 aromatic carbocycles. The Morgan fingerprint density at radius 3 is 2.86 bits per heavy atom. The van der Waals surface area contributed by atoms with Crippen molar-refractivity contribution in [3.63, 3.8) is 0 Å². The first kappa shape index (κ1) is 15.7. The smallest absolute Gasteiger partial charge is 0.262 e. The van der Waals surface area contributed by atoms with E-state index in [0.717, 1.165) is 15.3 Å². The molecule has 0 unspecified atom stereocenters. The lowest BCUT2D eigenvalue weighted by atomic mass is 10.2. The lowest BCUT2D eigenvalue weighted by Crippen LogP contribution is -2.31. The Bertz CT molecular complexity index is 720. The summed E-state index contributed by atoms with van der Waals surface area (Å²) in [6, 6.07) is 0. The average molecular weight is 309 g/mol. The number of aliphatic hydroxyl groups excluding tert-OH is 1. The molecule has 7 heteroatoms. The van der Waals surface area contributed by atoms with Crippen LogP contribution < -0.4 is 5.56 Å². The van der Waals surface area contributed by atoms with Crippen LogP contribution in [-0.2, 0) is 11.3 Å². The predicted molar refractivity (Wildman–Crippen MR) is 82.7 cm³/mol. The van der Waals surface area contributed by atoms with Crippen LogP contribution in [0.15, 0.2) is 11.1 Å². The number of likely N-dealkylation sites (N-methyl/N-ethyl adjacent to an activating group) is 1. The SMILES string of the molecule is Cc1sc2ncn(CCC(=O)N(C)CCO)c(=O)c2c1C. The summed E-state index contributed by atoms with van der Waals surface area (Å²) >= 11 is 1.51. The molecule has 1 N–H and O–H groups in total. The van der Waals surface area contributed by atoms with Gasteiger partial charge < -0.3 is 10.0 Å². The monoisotopic (exact) mass is 309 g/mol. The van der Waals surface area contributed by atoms with Crippen LogP contribution in [0.4, 0.5) is 0 Å². The highest BCUT2D eigenvalue weighted by Crippen LogP contribution is 2.25. The highest BCUT2D eigenvalue weighted by molar-refractivity contribution is 7.18. The number of carbonyl (C=O) groups excluding carboxylic acids is 1. The van der Waals surface area contributed by atoms with Gasteiger partial charge in [0.25, 0.3) is 5.56 Å². The minimum absolute atomic E-state index is 0.0664. The van der Waals surface area contributed by atoms with E-state index in [9.17, 15) is 9.59 Å². The van der Waals surface area contributed by atoms with E-state index in [2.05, 4.69) is 4.98 Å². The standard InChI is InChI=1S/C14H19N3O3S/c1-9-10(2)21-13-12(9)14(20)17(8-15-13)5-4-11(19)16(3)6-7-18/h8,18H,4-7H2,1-3H3. The van der Waals surface area contributed by atoms with Gasteiger partial charge in [0.2, 0.25) is 5.91 Å². The summed E-state index contributed by atoms with van der Waals surface area (Å²) in [4.78, 5) is 31.9. The largest absolute Gasteiger partial charge is 0.395 e. The van der Waals surface area contributed by atoms with Gasteiger partial charge in [-0.05, 0) is 19.4 Å². The Balaban J connectivity index is 2.20. The highest BCUT2D eigenvalue weighted by Gasteiger charge is 2.13. The van der Waals surface area contributed by atoms with Gasteiger partial charge in [0.05, 0.1) is 18.3 Å². The molecule has 0 saturated heterocycles. The molecule has 0 aliphatic rings. The van der Waals surface area contributed by atoms with E-state index in [-0.39, 0.29) is 24.5 Å². The van der Waals surface area contributed by atoms with Crippen molar-refractivity contribution >= 4 is 27.5 Å². The molecule has 0 spiro atoms.